The summed E-state index contributed by atoms with van der Waals surface area (Å²) in [5, 5.41) is 0.317. The molecule has 2 fully saturated rings. The predicted octanol–water partition coefficient (Wildman–Crippen LogP) is 5.40. The lowest BCUT2D eigenvalue weighted by Gasteiger charge is -2.53. The Bertz CT molecular complexity index is 474. The molecule has 0 aliphatic heterocycles. The van der Waals surface area contributed by atoms with Crippen molar-refractivity contribution >= 4 is 11.6 Å². The smallest absolute Gasteiger partial charge is 0.120 e. The Hall–Kier alpha value is -0.690. The fourth-order valence-electron chi connectivity index (χ4n) is 3.84. The molecule has 1 spiro atoms. The summed E-state index contributed by atoms with van der Waals surface area (Å²) in [5.74, 6) is 1.02. The maximum absolute atomic E-state index is 6.59. The molecule has 0 amide bonds. The summed E-state index contributed by atoms with van der Waals surface area (Å²) in [6, 6.07) is 6.43. The lowest BCUT2D eigenvalue weighted by molar-refractivity contribution is -0.0512. The van der Waals surface area contributed by atoms with E-state index < -0.39 is 0 Å². The van der Waals surface area contributed by atoms with Crippen LogP contribution in [0.1, 0.15) is 56.1 Å². The van der Waals surface area contributed by atoms with Gasteiger partial charge in [-0.25, -0.2) is 0 Å². The van der Waals surface area contributed by atoms with E-state index in [1.165, 1.54) is 49.7 Å². The van der Waals surface area contributed by atoms with E-state index >= 15 is 0 Å². The van der Waals surface area contributed by atoms with Crippen LogP contribution in [0.2, 0.25) is 0 Å². The highest BCUT2D eigenvalue weighted by Gasteiger charge is 2.55. The van der Waals surface area contributed by atoms with Gasteiger partial charge in [-0.2, -0.15) is 0 Å². The normalized spacial score (nSPS) is 28.8. The zero-order valence-electron chi connectivity index (χ0n) is 12.6. The van der Waals surface area contributed by atoms with Crippen molar-refractivity contribution in [2.75, 3.05) is 0 Å². The van der Waals surface area contributed by atoms with Crippen LogP contribution in [0.25, 0.3) is 0 Å². The first kappa shape index (κ1) is 14.3. The van der Waals surface area contributed by atoms with Crippen LogP contribution in [0.4, 0.5) is 0 Å². The monoisotopic (exact) mass is 292 g/mol. The van der Waals surface area contributed by atoms with Gasteiger partial charge in [-0.15, -0.1) is 11.6 Å². The quantitative estimate of drug-likeness (QED) is 0.663. The molecule has 0 N–H and O–H groups in total. The Kier molecular flexibility index (Phi) is 3.99. The topological polar surface area (TPSA) is 9.23 Å². The van der Waals surface area contributed by atoms with Gasteiger partial charge in [0.2, 0.25) is 0 Å². The van der Waals surface area contributed by atoms with Crippen LogP contribution in [0.15, 0.2) is 18.2 Å². The highest BCUT2D eigenvalue weighted by atomic mass is 35.5. The van der Waals surface area contributed by atoms with E-state index in [-0.39, 0.29) is 5.41 Å². The summed E-state index contributed by atoms with van der Waals surface area (Å²) in [7, 11) is 0. The van der Waals surface area contributed by atoms with Gasteiger partial charge in [-0.1, -0.05) is 31.7 Å². The number of alkyl halides is 1. The first-order chi connectivity index (χ1) is 9.62. The Morgan fingerprint density at radius 1 is 1.05 bits per heavy atom. The lowest BCUT2D eigenvalue weighted by atomic mass is 9.61. The van der Waals surface area contributed by atoms with E-state index in [1.54, 1.807) is 0 Å². The van der Waals surface area contributed by atoms with Crippen molar-refractivity contribution in [1.82, 2.24) is 0 Å². The summed E-state index contributed by atoms with van der Waals surface area (Å²) in [6.45, 7) is 4.29. The molecule has 0 bridgehead atoms. The maximum atomic E-state index is 6.59. The van der Waals surface area contributed by atoms with E-state index in [4.69, 9.17) is 16.3 Å². The molecule has 2 saturated carbocycles. The minimum absolute atomic E-state index is 0.247. The van der Waals surface area contributed by atoms with Gasteiger partial charge in [-0.3, -0.25) is 0 Å². The van der Waals surface area contributed by atoms with Gasteiger partial charge in [0.1, 0.15) is 11.9 Å². The van der Waals surface area contributed by atoms with Crippen molar-refractivity contribution in [3.8, 4) is 5.75 Å². The number of benzene rings is 1. The molecule has 2 heteroatoms. The van der Waals surface area contributed by atoms with Crippen LogP contribution in [0.3, 0.4) is 0 Å². The Morgan fingerprint density at radius 2 is 1.75 bits per heavy atom. The molecule has 1 aromatic carbocycles. The fraction of sp³-hybridized carbons (Fsp3) is 0.667. The zero-order valence-corrected chi connectivity index (χ0v) is 13.4. The molecule has 110 valence electrons. The Morgan fingerprint density at radius 3 is 2.35 bits per heavy atom. The molecule has 0 heterocycles. The van der Waals surface area contributed by atoms with Crippen molar-refractivity contribution in [3.63, 3.8) is 0 Å². The molecule has 3 rings (SSSR count). The van der Waals surface area contributed by atoms with Crippen molar-refractivity contribution in [1.29, 1.82) is 0 Å². The molecule has 2 aliphatic carbocycles. The molecule has 2 atom stereocenters. The third-order valence-corrected chi connectivity index (χ3v) is 6.09. The first-order valence-corrected chi connectivity index (χ1v) is 8.43. The molecule has 0 aromatic heterocycles. The number of halogens is 1. The summed E-state index contributed by atoms with van der Waals surface area (Å²) in [4.78, 5) is 0. The van der Waals surface area contributed by atoms with Gasteiger partial charge in [0, 0.05) is 17.2 Å². The molecular weight excluding hydrogens is 268 g/mol. The second-order valence-corrected chi connectivity index (χ2v) is 7.23. The van der Waals surface area contributed by atoms with Gasteiger partial charge in [0.25, 0.3) is 0 Å². The molecule has 20 heavy (non-hydrogen) atoms. The van der Waals surface area contributed by atoms with Crippen LogP contribution < -0.4 is 4.74 Å². The van der Waals surface area contributed by atoms with Gasteiger partial charge in [0.15, 0.2) is 0 Å². The highest BCUT2D eigenvalue weighted by Crippen LogP contribution is 2.55. The second-order valence-electron chi connectivity index (χ2n) is 6.70. The predicted molar refractivity (Wildman–Crippen MR) is 84.7 cm³/mol. The number of hydrogen-bond acceptors (Lipinski definition) is 1. The first-order valence-electron chi connectivity index (χ1n) is 8.00. The standard InChI is InChI=1S/C18H25ClO/c1-13-7-8-15(11-14(13)2)20-17-12-16(19)18(17)9-5-3-4-6-10-18/h7-8,11,16-17H,3-6,9-10,12H2,1-2H3. The van der Waals surface area contributed by atoms with E-state index in [1.807, 2.05) is 0 Å². The van der Waals surface area contributed by atoms with Crippen molar-refractivity contribution < 1.29 is 4.74 Å². The summed E-state index contributed by atoms with van der Waals surface area (Å²) in [5.41, 5.74) is 2.88. The van der Waals surface area contributed by atoms with Crippen LogP contribution in [-0.4, -0.2) is 11.5 Å². The molecule has 1 aromatic rings. The SMILES string of the molecule is Cc1ccc(OC2CC(Cl)C23CCCCCC3)cc1C. The summed E-state index contributed by atoms with van der Waals surface area (Å²) < 4.78 is 6.32. The minimum Gasteiger partial charge on any atom is -0.490 e. The van der Waals surface area contributed by atoms with Crippen LogP contribution in [0, 0.1) is 19.3 Å². The Balaban J connectivity index is 1.75. The maximum Gasteiger partial charge on any atom is 0.120 e. The average molecular weight is 293 g/mol. The van der Waals surface area contributed by atoms with Crippen LogP contribution in [0.5, 0.6) is 5.75 Å². The van der Waals surface area contributed by atoms with E-state index in [2.05, 4.69) is 32.0 Å². The van der Waals surface area contributed by atoms with Gasteiger partial charge < -0.3 is 4.74 Å². The fourth-order valence-corrected chi connectivity index (χ4v) is 4.36. The summed E-state index contributed by atoms with van der Waals surface area (Å²) >= 11 is 6.59. The molecular formula is C18H25ClO. The molecule has 0 radical (unpaired) electrons. The average Bonchev–Trinajstić information content (AvgIpc) is 2.70. The number of aryl methyl sites for hydroxylation is 2. The zero-order chi connectivity index (χ0) is 14.2. The van der Waals surface area contributed by atoms with E-state index in [0.717, 1.165) is 12.2 Å². The van der Waals surface area contributed by atoms with Crippen molar-refractivity contribution in [2.24, 2.45) is 5.41 Å². The highest BCUT2D eigenvalue weighted by molar-refractivity contribution is 6.21. The molecule has 2 unspecified atom stereocenters. The second kappa shape index (κ2) is 5.60. The van der Waals surface area contributed by atoms with Crippen LogP contribution >= 0.6 is 11.6 Å². The van der Waals surface area contributed by atoms with Gasteiger partial charge >= 0.3 is 0 Å². The van der Waals surface area contributed by atoms with E-state index in [9.17, 15) is 0 Å². The molecule has 0 saturated heterocycles. The minimum atomic E-state index is 0.247. The van der Waals surface area contributed by atoms with Gasteiger partial charge in [-0.05, 0) is 49.9 Å². The Labute approximate surface area is 127 Å². The van der Waals surface area contributed by atoms with Crippen LogP contribution in [-0.2, 0) is 0 Å². The largest absolute Gasteiger partial charge is 0.490 e. The number of hydrogen-bond donors (Lipinski definition) is 0. The lowest BCUT2D eigenvalue weighted by Crippen LogP contribution is -2.57. The molecule has 2 aliphatic rings. The number of ether oxygens (including phenoxy) is 1. The summed E-state index contributed by atoms with van der Waals surface area (Å²) in [6.07, 6.45) is 9.18. The van der Waals surface area contributed by atoms with Crippen molar-refractivity contribution in [2.45, 2.75) is 70.3 Å². The molecule has 1 nitrogen and oxygen atoms in total. The third kappa shape index (κ3) is 2.45. The van der Waals surface area contributed by atoms with E-state index in [0.29, 0.717) is 11.5 Å². The third-order valence-electron chi connectivity index (χ3n) is 5.48. The van der Waals surface area contributed by atoms with Crippen molar-refractivity contribution in [3.05, 3.63) is 29.3 Å². The number of rotatable bonds is 2. The van der Waals surface area contributed by atoms with Gasteiger partial charge in [0.05, 0.1) is 0 Å².